The molecule has 2 N–H and O–H groups in total. The number of hydrogen-bond donors (Lipinski definition) is 2. The lowest BCUT2D eigenvalue weighted by Crippen LogP contribution is -2.36. The van der Waals surface area contributed by atoms with Crippen molar-refractivity contribution >= 4 is 5.96 Å². The molecule has 29 heavy (non-hydrogen) atoms. The van der Waals surface area contributed by atoms with Crippen LogP contribution in [0.2, 0.25) is 0 Å². The highest BCUT2D eigenvalue weighted by molar-refractivity contribution is 5.79. The van der Waals surface area contributed by atoms with Gasteiger partial charge in [-0.3, -0.25) is 4.99 Å². The van der Waals surface area contributed by atoms with Crippen LogP contribution in [0.25, 0.3) is 0 Å². The second-order valence-corrected chi connectivity index (χ2v) is 6.51. The van der Waals surface area contributed by atoms with Crippen LogP contribution in [0.5, 0.6) is 5.75 Å². The Kier molecular flexibility index (Phi) is 8.33. The molecule has 0 fully saturated rings. The average molecular weight is 409 g/mol. The first kappa shape index (κ1) is 22.5. The summed E-state index contributed by atoms with van der Waals surface area (Å²) < 4.78 is 46.2. The zero-order chi connectivity index (χ0) is 21.3. The quantitative estimate of drug-likeness (QED) is 0.512. The normalized spacial score (nSPS) is 12.0. The number of aryl methyl sites for hydroxylation is 1. The number of nitrogens with zero attached hydrogens (tertiary/aromatic N) is 1. The van der Waals surface area contributed by atoms with E-state index in [1.807, 2.05) is 31.2 Å². The number of aliphatic imine (C=N–C) groups is 1. The first-order valence-corrected chi connectivity index (χ1v) is 9.11. The fraction of sp³-hybridized carbons (Fsp3) is 0.381. The molecule has 0 aliphatic heterocycles. The molecule has 158 valence electrons. The first-order valence-electron chi connectivity index (χ1n) is 9.11. The van der Waals surface area contributed by atoms with E-state index < -0.39 is 12.8 Å². The number of benzene rings is 2. The highest BCUT2D eigenvalue weighted by Crippen LogP contribution is 2.18. The number of hydrogen-bond acceptors (Lipinski definition) is 3. The van der Waals surface area contributed by atoms with Gasteiger partial charge in [0.25, 0.3) is 0 Å². The molecule has 2 rings (SSSR count). The number of rotatable bonds is 8. The van der Waals surface area contributed by atoms with Gasteiger partial charge in [0.05, 0.1) is 13.7 Å². The Balaban J connectivity index is 1.79. The van der Waals surface area contributed by atoms with E-state index >= 15 is 0 Å². The van der Waals surface area contributed by atoms with E-state index in [2.05, 4.69) is 26.4 Å². The maximum Gasteiger partial charge on any atom is 0.411 e. The first-order chi connectivity index (χ1) is 13.8. The fourth-order valence-corrected chi connectivity index (χ4v) is 2.68. The Morgan fingerprint density at radius 1 is 0.966 bits per heavy atom. The van der Waals surface area contributed by atoms with Gasteiger partial charge in [0.15, 0.2) is 5.96 Å². The molecule has 0 saturated carbocycles. The summed E-state index contributed by atoms with van der Waals surface area (Å²) in [6, 6.07) is 13.2. The lowest BCUT2D eigenvalue weighted by molar-refractivity contribution is -0.176. The molecule has 0 spiro atoms. The van der Waals surface area contributed by atoms with Crippen molar-refractivity contribution in [3.05, 3.63) is 64.7 Å². The van der Waals surface area contributed by atoms with Crippen LogP contribution in [0.4, 0.5) is 13.2 Å². The summed E-state index contributed by atoms with van der Waals surface area (Å²) in [5.74, 6) is 1.50. The van der Waals surface area contributed by atoms with E-state index in [-0.39, 0.29) is 6.61 Å². The lowest BCUT2D eigenvalue weighted by Gasteiger charge is -2.13. The molecule has 0 aromatic heterocycles. The van der Waals surface area contributed by atoms with Gasteiger partial charge in [-0.05, 0) is 35.2 Å². The van der Waals surface area contributed by atoms with Crippen LogP contribution in [0.1, 0.15) is 22.3 Å². The standard InChI is InChI=1S/C21H26F3N3O2/c1-15-10-18(8-9-19(15)28-3)12-27-20(25-2)26-11-16-4-6-17(7-5-16)13-29-14-21(22,23)24/h4-10H,11-14H2,1-3H3,(H2,25,26,27). The molecule has 0 radical (unpaired) electrons. The maximum atomic E-state index is 12.1. The van der Waals surface area contributed by atoms with Gasteiger partial charge in [0, 0.05) is 20.1 Å². The van der Waals surface area contributed by atoms with Crippen molar-refractivity contribution in [1.29, 1.82) is 0 Å². The van der Waals surface area contributed by atoms with Crippen LogP contribution >= 0.6 is 0 Å². The summed E-state index contributed by atoms with van der Waals surface area (Å²) in [5, 5.41) is 6.46. The van der Waals surface area contributed by atoms with E-state index in [1.165, 1.54) is 0 Å². The van der Waals surface area contributed by atoms with Crippen LogP contribution in [-0.4, -0.2) is 32.9 Å². The van der Waals surface area contributed by atoms with E-state index in [0.29, 0.717) is 24.6 Å². The van der Waals surface area contributed by atoms with Crippen molar-refractivity contribution in [3.8, 4) is 5.75 Å². The van der Waals surface area contributed by atoms with E-state index in [0.717, 1.165) is 22.4 Å². The van der Waals surface area contributed by atoms with E-state index in [4.69, 9.17) is 4.74 Å². The van der Waals surface area contributed by atoms with Crippen molar-refractivity contribution in [3.63, 3.8) is 0 Å². The third-order valence-electron chi connectivity index (χ3n) is 4.16. The molecular weight excluding hydrogens is 383 g/mol. The number of methoxy groups -OCH3 is 1. The van der Waals surface area contributed by atoms with Crippen LogP contribution in [0, 0.1) is 6.92 Å². The number of alkyl halides is 3. The lowest BCUT2D eigenvalue weighted by atomic mass is 10.1. The number of ether oxygens (including phenoxy) is 2. The highest BCUT2D eigenvalue weighted by atomic mass is 19.4. The Labute approximate surface area is 168 Å². The van der Waals surface area contributed by atoms with Crippen molar-refractivity contribution in [2.45, 2.75) is 32.8 Å². The molecule has 0 unspecified atom stereocenters. The Hall–Kier alpha value is -2.74. The van der Waals surface area contributed by atoms with Crippen LogP contribution in [0.3, 0.4) is 0 Å². The van der Waals surface area contributed by atoms with Gasteiger partial charge in [0.1, 0.15) is 12.4 Å². The summed E-state index contributed by atoms with van der Waals surface area (Å²) in [7, 11) is 3.34. The predicted molar refractivity (Wildman–Crippen MR) is 107 cm³/mol. The number of halogens is 3. The third kappa shape index (κ3) is 8.03. The van der Waals surface area contributed by atoms with Crippen LogP contribution < -0.4 is 15.4 Å². The van der Waals surface area contributed by atoms with Gasteiger partial charge < -0.3 is 20.1 Å². The van der Waals surface area contributed by atoms with Crippen LogP contribution in [-0.2, 0) is 24.4 Å². The smallest absolute Gasteiger partial charge is 0.411 e. The number of guanidine groups is 1. The topological polar surface area (TPSA) is 54.9 Å². The monoisotopic (exact) mass is 409 g/mol. The molecule has 0 amide bonds. The Morgan fingerprint density at radius 3 is 2.10 bits per heavy atom. The number of nitrogens with one attached hydrogen (secondary N) is 2. The second kappa shape index (κ2) is 10.7. The van der Waals surface area contributed by atoms with Crippen molar-refractivity contribution in [1.82, 2.24) is 10.6 Å². The Bertz CT molecular complexity index is 806. The van der Waals surface area contributed by atoms with Gasteiger partial charge in [0.2, 0.25) is 0 Å². The molecule has 0 saturated heterocycles. The second-order valence-electron chi connectivity index (χ2n) is 6.51. The van der Waals surface area contributed by atoms with Gasteiger partial charge in [-0.15, -0.1) is 0 Å². The maximum absolute atomic E-state index is 12.1. The molecule has 5 nitrogen and oxygen atoms in total. The molecule has 0 heterocycles. The summed E-state index contributed by atoms with van der Waals surface area (Å²) in [4.78, 5) is 4.20. The van der Waals surface area contributed by atoms with Gasteiger partial charge in [-0.1, -0.05) is 36.4 Å². The average Bonchev–Trinajstić information content (AvgIpc) is 2.68. The SMILES string of the molecule is CN=C(NCc1ccc(COCC(F)(F)F)cc1)NCc1ccc(OC)c(C)c1. The third-order valence-corrected chi connectivity index (χ3v) is 4.16. The minimum Gasteiger partial charge on any atom is -0.496 e. The van der Waals surface area contributed by atoms with E-state index in [9.17, 15) is 13.2 Å². The largest absolute Gasteiger partial charge is 0.496 e. The zero-order valence-corrected chi connectivity index (χ0v) is 16.8. The zero-order valence-electron chi connectivity index (χ0n) is 16.8. The summed E-state index contributed by atoms with van der Waals surface area (Å²) >= 11 is 0. The minimum absolute atomic E-state index is 0.0717. The van der Waals surface area contributed by atoms with Crippen molar-refractivity contribution in [2.24, 2.45) is 4.99 Å². The van der Waals surface area contributed by atoms with Gasteiger partial charge >= 0.3 is 6.18 Å². The van der Waals surface area contributed by atoms with Crippen molar-refractivity contribution < 1.29 is 22.6 Å². The predicted octanol–water partition coefficient (Wildman–Crippen LogP) is 3.95. The molecule has 0 bridgehead atoms. The summed E-state index contributed by atoms with van der Waals surface area (Å²) in [6.07, 6.45) is -4.31. The minimum atomic E-state index is -4.31. The molecule has 8 heteroatoms. The molecular formula is C21H26F3N3O2. The fourth-order valence-electron chi connectivity index (χ4n) is 2.68. The Morgan fingerprint density at radius 2 is 1.55 bits per heavy atom. The van der Waals surface area contributed by atoms with Crippen LogP contribution in [0.15, 0.2) is 47.5 Å². The van der Waals surface area contributed by atoms with E-state index in [1.54, 1.807) is 26.3 Å². The van der Waals surface area contributed by atoms with Gasteiger partial charge in [-0.2, -0.15) is 13.2 Å². The summed E-state index contributed by atoms with van der Waals surface area (Å²) in [6.45, 7) is 1.82. The molecule has 2 aromatic rings. The highest BCUT2D eigenvalue weighted by Gasteiger charge is 2.27. The molecule has 0 atom stereocenters. The molecule has 2 aromatic carbocycles. The molecule has 0 aliphatic carbocycles. The van der Waals surface area contributed by atoms with Gasteiger partial charge in [-0.25, -0.2) is 0 Å². The molecule has 0 aliphatic rings. The summed E-state index contributed by atoms with van der Waals surface area (Å²) in [5.41, 5.74) is 3.84. The van der Waals surface area contributed by atoms with Crippen molar-refractivity contribution in [2.75, 3.05) is 20.8 Å².